The third-order valence-electron chi connectivity index (χ3n) is 4.98. The van der Waals surface area contributed by atoms with Gasteiger partial charge in [-0.25, -0.2) is 4.79 Å². The van der Waals surface area contributed by atoms with E-state index in [9.17, 15) is 14.4 Å². The van der Waals surface area contributed by atoms with Crippen molar-refractivity contribution in [3.05, 3.63) is 63.6 Å². The van der Waals surface area contributed by atoms with E-state index in [0.29, 0.717) is 19.7 Å². The number of rotatable bonds is 5. The standard InChI is InChI=1S/C21H22N2O6/c1-2-27-21(26)15-11-22-12-16-23(9-6-10-28-16)20(25)17(22)19(18(15)24)29-13-14-7-4-3-5-8-14/h3-5,7-8,11,16H,2,6,9-10,12-13H2,1H3/t16-/m0/s1. The molecule has 1 aromatic carbocycles. The highest BCUT2D eigenvalue weighted by atomic mass is 16.5. The van der Waals surface area contributed by atoms with Gasteiger partial charge in [0.25, 0.3) is 5.91 Å². The van der Waals surface area contributed by atoms with E-state index < -0.39 is 17.6 Å². The van der Waals surface area contributed by atoms with Crippen LogP contribution in [0.25, 0.3) is 0 Å². The van der Waals surface area contributed by atoms with Gasteiger partial charge in [0.15, 0.2) is 17.7 Å². The summed E-state index contributed by atoms with van der Waals surface area (Å²) in [4.78, 5) is 40.1. The normalized spacial score (nSPS) is 18.0. The zero-order valence-electron chi connectivity index (χ0n) is 16.1. The summed E-state index contributed by atoms with van der Waals surface area (Å²) in [5, 5.41) is 0. The third-order valence-corrected chi connectivity index (χ3v) is 4.98. The number of carbonyl (C=O) groups excluding carboxylic acids is 2. The summed E-state index contributed by atoms with van der Waals surface area (Å²) >= 11 is 0. The fourth-order valence-corrected chi connectivity index (χ4v) is 3.60. The molecular weight excluding hydrogens is 376 g/mol. The van der Waals surface area contributed by atoms with Crippen molar-refractivity contribution in [3.63, 3.8) is 0 Å². The lowest BCUT2D eigenvalue weighted by Gasteiger charge is -2.40. The highest BCUT2D eigenvalue weighted by Gasteiger charge is 2.38. The maximum absolute atomic E-state index is 13.1. The molecule has 1 atom stereocenters. The number of nitrogens with zero attached hydrogens (tertiary/aromatic N) is 2. The minimum absolute atomic E-state index is 0.0998. The monoisotopic (exact) mass is 398 g/mol. The Labute approximate surface area is 167 Å². The summed E-state index contributed by atoms with van der Waals surface area (Å²) in [5.74, 6) is -1.21. The molecule has 29 heavy (non-hydrogen) atoms. The van der Waals surface area contributed by atoms with Gasteiger partial charge < -0.3 is 23.7 Å². The first-order chi connectivity index (χ1) is 14.1. The molecule has 3 heterocycles. The van der Waals surface area contributed by atoms with Gasteiger partial charge in [0.1, 0.15) is 12.2 Å². The lowest BCUT2D eigenvalue weighted by atomic mass is 10.1. The number of aromatic nitrogens is 1. The van der Waals surface area contributed by atoms with Crippen LogP contribution >= 0.6 is 0 Å². The van der Waals surface area contributed by atoms with E-state index in [1.807, 2.05) is 30.3 Å². The number of fused-ring (bicyclic) bond motifs is 2. The van der Waals surface area contributed by atoms with Crippen LogP contribution < -0.4 is 10.2 Å². The Bertz CT molecular complexity index is 985. The fraction of sp³-hybridized carbons (Fsp3) is 0.381. The van der Waals surface area contributed by atoms with Crippen LogP contribution in [0, 0.1) is 0 Å². The number of esters is 1. The number of carbonyl (C=O) groups is 2. The van der Waals surface area contributed by atoms with Crippen LogP contribution in [0.4, 0.5) is 0 Å². The second-order valence-corrected chi connectivity index (χ2v) is 6.87. The zero-order valence-corrected chi connectivity index (χ0v) is 16.1. The van der Waals surface area contributed by atoms with E-state index in [1.54, 1.807) is 16.4 Å². The predicted octanol–water partition coefficient (Wildman–Crippen LogP) is 1.81. The van der Waals surface area contributed by atoms with Crippen LogP contribution in [0.5, 0.6) is 5.75 Å². The van der Waals surface area contributed by atoms with Crippen LogP contribution in [0.1, 0.15) is 39.8 Å². The Morgan fingerprint density at radius 3 is 2.79 bits per heavy atom. The molecule has 0 spiro atoms. The summed E-state index contributed by atoms with van der Waals surface area (Å²) in [6.07, 6.45) is 1.68. The van der Waals surface area contributed by atoms with Gasteiger partial charge in [-0.15, -0.1) is 0 Å². The van der Waals surface area contributed by atoms with Crippen molar-refractivity contribution in [1.82, 2.24) is 9.47 Å². The second-order valence-electron chi connectivity index (χ2n) is 6.87. The van der Waals surface area contributed by atoms with E-state index in [2.05, 4.69) is 0 Å². The van der Waals surface area contributed by atoms with Crippen LogP contribution in [-0.4, -0.2) is 47.3 Å². The second kappa shape index (κ2) is 8.08. The molecule has 0 unspecified atom stereocenters. The van der Waals surface area contributed by atoms with Crippen LogP contribution in [0.3, 0.4) is 0 Å². The molecule has 152 valence electrons. The smallest absolute Gasteiger partial charge is 0.343 e. The lowest BCUT2D eigenvalue weighted by molar-refractivity contribution is -0.0920. The van der Waals surface area contributed by atoms with Crippen molar-refractivity contribution in [2.24, 2.45) is 0 Å². The minimum atomic E-state index is -0.739. The number of hydrogen-bond acceptors (Lipinski definition) is 6. The maximum atomic E-state index is 13.1. The van der Waals surface area contributed by atoms with Gasteiger partial charge in [-0.05, 0) is 18.9 Å². The van der Waals surface area contributed by atoms with Crippen molar-refractivity contribution in [1.29, 1.82) is 0 Å². The molecule has 0 bridgehead atoms. The maximum Gasteiger partial charge on any atom is 0.343 e. The summed E-state index contributed by atoms with van der Waals surface area (Å²) in [7, 11) is 0. The van der Waals surface area contributed by atoms with Crippen molar-refractivity contribution in [2.75, 3.05) is 19.8 Å². The van der Waals surface area contributed by atoms with Crippen molar-refractivity contribution >= 4 is 11.9 Å². The molecule has 0 N–H and O–H groups in total. The number of pyridine rings is 1. The van der Waals surface area contributed by atoms with Gasteiger partial charge in [0.2, 0.25) is 5.43 Å². The Morgan fingerprint density at radius 1 is 1.24 bits per heavy atom. The van der Waals surface area contributed by atoms with Gasteiger partial charge in [-0.1, -0.05) is 30.3 Å². The first-order valence-electron chi connectivity index (χ1n) is 9.64. The van der Waals surface area contributed by atoms with Crippen molar-refractivity contribution in [3.8, 4) is 5.75 Å². The van der Waals surface area contributed by atoms with E-state index in [-0.39, 0.29) is 36.1 Å². The highest BCUT2D eigenvalue weighted by molar-refractivity contribution is 5.98. The molecule has 8 heteroatoms. The molecule has 1 amide bonds. The molecule has 1 aromatic heterocycles. The number of amides is 1. The summed E-state index contributed by atoms with van der Waals surface area (Å²) in [6, 6.07) is 9.31. The Morgan fingerprint density at radius 2 is 2.03 bits per heavy atom. The molecule has 0 aliphatic carbocycles. The van der Waals surface area contributed by atoms with Gasteiger partial charge in [0.05, 0.1) is 19.8 Å². The van der Waals surface area contributed by atoms with Crippen LogP contribution in [0.2, 0.25) is 0 Å². The molecule has 1 fully saturated rings. The first-order valence-corrected chi connectivity index (χ1v) is 9.64. The average Bonchev–Trinajstić information content (AvgIpc) is 2.74. The van der Waals surface area contributed by atoms with Crippen molar-refractivity contribution < 1.29 is 23.8 Å². The van der Waals surface area contributed by atoms with Gasteiger partial charge in [0, 0.05) is 12.7 Å². The molecule has 2 aliphatic rings. The van der Waals surface area contributed by atoms with Gasteiger partial charge in [-0.2, -0.15) is 0 Å². The molecule has 8 nitrogen and oxygen atoms in total. The largest absolute Gasteiger partial charge is 0.483 e. The SMILES string of the molecule is CCOC(=O)c1cn2c(c(OCc3ccccc3)c1=O)C(=O)N1CCCO[C@H]1C2. The van der Waals surface area contributed by atoms with Crippen molar-refractivity contribution in [2.45, 2.75) is 32.7 Å². The van der Waals surface area contributed by atoms with E-state index in [4.69, 9.17) is 14.2 Å². The van der Waals surface area contributed by atoms with Crippen LogP contribution in [0.15, 0.2) is 41.3 Å². The van der Waals surface area contributed by atoms with Gasteiger partial charge in [-0.3, -0.25) is 9.59 Å². The lowest BCUT2D eigenvalue weighted by Crippen LogP contribution is -2.53. The molecule has 0 saturated carbocycles. The Hall–Kier alpha value is -3.13. The van der Waals surface area contributed by atoms with E-state index in [0.717, 1.165) is 12.0 Å². The average molecular weight is 398 g/mol. The molecular formula is C21H22N2O6. The third kappa shape index (κ3) is 3.63. The van der Waals surface area contributed by atoms with Crippen LogP contribution in [-0.2, 0) is 22.6 Å². The van der Waals surface area contributed by atoms with E-state index in [1.165, 1.54) is 6.20 Å². The number of benzene rings is 1. The first kappa shape index (κ1) is 19.2. The fourth-order valence-electron chi connectivity index (χ4n) is 3.60. The molecule has 0 radical (unpaired) electrons. The number of ether oxygens (including phenoxy) is 3. The quantitative estimate of drug-likeness (QED) is 0.714. The predicted molar refractivity (Wildman–Crippen MR) is 103 cm³/mol. The Kier molecular flexibility index (Phi) is 5.35. The minimum Gasteiger partial charge on any atom is -0.483 e. The Balaban J connectivity index is 1.78. The molecule has 2 aromatic rings. The topological polar surface area (TPSA) is 87.1 Å². The summed E-state index contributed by atoms with van der Waals surface area (Å²) < 4.78 is 18.1. The highest BCUT2D eigenvalue weighted by Crippen LogP contribution is 2.27. The zero-order chi connectivity index (χ0) is 20.4. The molecule has 2 aliphatic heterocycles. The van der Waals surface area contributed by atoms with E-state index >= 15 is 0 Å². The summed E-state index contributed by atoms with van der Waals surface area (Å²) in [5.41, 5.74) is 0.182. The molecule has 4 rings (SSSR count). The molecule has 1 saturated heterocycles. The van der Waals surface area contributed by atoms with Gasteiger partial charge >= 0.3 is 5.97 Å². The number of hydrogen-bond donors (Lipinski definition) is 0. The summed E-state index contributed by atoms with van der Waals surface area (Å²) in [6.45, 7) is 3.33.